The first kappa shape index (κ1) is 21.3. The molecule has 1 heterocycles. The highest BCUT2D eigenvalue weighted by atomic mass is 35.5. The second-order valence-corrected chi connectivity index (χ2v) is 7.98. The van der Waals surface area contributed by atoms with Crippen LogP contribution in [0.2, 0.25) is 0 Å². The molecule has 1 aromatic rings. The Labute approximate surface area is 169 Å². The van der Waals surface area contributed by atoms with Crippen molar-refractivity contribution < 1.29 is 4.79 Å². The smallest absolute Gasteiger partial charge is 0.225 e. The first-order valence-corrected chi connectivity index (χ1v) is 9.56. The van der Waals surface area contributed by atoms with E-state index in [1.165, 1.54) is 19.3 Å². The zero-order valence-corrected chi connectivity index (χ0v) is 16.8. The van der Waals surface area contributed by atoms with E-state index in [1.807, 2.05) is 18.2 Å². The fourth-order valence-corrected chi connectivity index (χ4v) is 5.10. The Morgan fingerprint density at radius 3 is 2.35 bits per heavy atom. The molecule has 3 atom stereocenters. The predicted molar refractivity (Wildman–Crippen MR) is 111 cm³/mol. The second kappa shape index (κ2) is 9.29. The number of carbonyl (C=O) groups excluding carboxylic acids is 1. The molecule has 1 amide bonds. The van der Waals surface area contributed by atoms with Crippen molar-refractivity contribution in [3.8, 4) is 0 Å². The number of nitrogens with one attached hydrogen (secondary N) is 1. The lowest BCUT2D eigenvalue weighted by Gasteiger charge is -2.44. The lowest BCUT2D eigenvalue weighted by molar-refractivity contribution is -0.137. The van der Waals surface area contributed by atoms with Crippen molar-refractivity contribution in [2.24, 2.45) is 23.5 Å². The van der Waals surface area contributed by atoms with Crippen LogP contribution in [0.3, 0.4) is 0 Å². The van der Waals surface area contributed by atoms with Crippen molar-refractivity contribution in [1.29, 1.82) is 0 Å². The molecule has 3 N–H and O–H groups in total. The average molecular weight is 400 g/mol. The van der Waals surface area contributed by atoms with Gasteiger partial charge in [0.2, 0.25) is 5.91 Å². The lowest BCUT2D eigenvalue weighted by atomic mass is 9.65. The number of fused-ring (bicyclic) bond motifs is 2. The van der Waals surface area contributed by atoms with Crippen LogP contribution in [0, 0.1) is 17.8 Å². The second-order valence-electron chi connectivity index (χ2n) is 7.98. The van der Waals surface area contributed by atoms with Gasteiger partial charge in [-0.2, -0.15) is 0 Å². The van der Waals surface area contributed by atoms with Crippen molar-refractivity contribution in [3.63, 3.8) is 0 Å². The van der Waals surface area contributed by atoms with Gasteiger partial charge < -0.3 is 16.0 Å². The van der Waals surface area contributed by atoms with E-state index in [0.29, 0.717) is 29.8 Å². The van der Waals surface area contributed by atoms with E-state index in [1.54, 1.807) is 0 Å². The van der Waals surface area contributed by atoms with Crippen LogP contribution < -0.4 is 11.1 Å². The number of benzene rings is 1. The minimum absolute atomic E-state index is 0. The van der Waals surface area contributed by atoms with Crippen molar-refractivity contribution in [2.45, 2.75) is 50.6 Å². The summed E-state index contributed by atoms with van der Waals surface area (Å²) in [6.07, 6.45) is 6.82. The molecule has 0 spiro atoms. The van der Waals surface area contributed by atoms with Gasteiger partial charge in [0.1, 0.15) is 0 Å². The van der Waals surface area contributed by atoms with Crippen molar-refractivity contribution in [2.75, 3.05) is 18.4 Å². The number of amides is 1. The molecule has 3 aliphatic rings. The normalized spacial score (nSPS) is 33.0. The van der Waals surface area contributed by atoms with Crippen LogP contribution in [0.15, 0.2) is 30.3 Å². The quantitative estimate of drug-likeness (QED) is 0.814. The SMILES string of the molecule is Cl.Cl.NC1C2CCCC1CC(C(=O)N1CCC(Nc3ccccc3)C1)C2. The Hall–Kier alpha value is -0.970. The molecular formula is C20H31Cl2N3O. The molecule has 4 nitrogen and oxygen atoms in total. The molecule has 1 saturated heterocycles. The molecule has 4 rings (SSSR count). The highest BCUT2D eigenvalue weighted by molar-refractivity contribution is 5.85. The summed E-state index contributed by atoms with van der Waals surface area (Å²) in [6.45, 7) is 1.73. The minimum atomic E-state index is 0. The van der Waals surface area contributed by atoms with Crippen LogP contribution in [0.1, 0.15) is 38.5 Å². The Balaban J connectivity index is 0.00000121. The molecule has 2 aliphatic carbocycles. The minimum Gasteiger partial charge on any atom is -0.380 e. The first-order chi connectivity index (χ1) is 11.7. The van der Waals surface area contributed by atoms with Gasteiger partial charge in [-0.1, -0.05) is 24.6 Å². The van der Waals surface area contributed by atoms with Gasteiger partial charge in [-0.25, -0.2) is 0 Å². The number of halogens is 2. The number of likely N-dealkylation sites (tertiary alicyclic amines) is 1. The van der Waals surface area contributed by atoms with E-state index in [2.05, 4.69) is 22.3 Å². The van der Waals surface area contributed by atoms with Crippen LogP contribution in [0.5, 0.6) is 0 Å². The van der Waals surface area contributed by atoms with Crippen LogP contribution in [0.25, 0.3) is 0 Å². The summed E-state index contributed by atoms with van der Waals surface area (Å²) in [4.78, 5) is 15.1. The molecule has 0 aromatic heterocycles. The van der Waals surface area contributed by atoms with Crippen LogP contribution in [0.4, 0.5) is 5.69 Å². The van der Waals surface area contributed by atoms with Gasteiger partial charge >= 0.3 is 0 Å². The van der Waals surface area contributed by atoms with Gasteiger partial charge in [-0.05, 0) is 56.1 Å². The highest BCUT2D eigenvalue weighted by Crippen LogP contribution is 2.42. The van der Waals surface area contributed by atoms with Crippen LogP contribution >= 0.6 is 24.8 Å². The largest absolute Gasteiger partial charge is 0.380 e. The number of carbonyl (C=O) groups is 1. The van der Waals surface area contributed by atoms with Gasteiger partial charge in [0.25, 0.3) is 0 Å². The van der Waals surface area contributed by atoms with Crippen LogP contribution in [-0.2, 0) is 4.79 Å². The van der Waals surface area contributed by atoms with E-state index in [9.17, 15) is 4.79 Å². The topological polar surface area (TPSA) is 58.4 Å². The number of hydrogen-bond donors (Lipinski definition) is 2. The maximum Gasteiger partial charge on any atom is 0.225 e. The number of anilines is 1. The molecule has 3 fully saturated rings. The van der Waals surface area contributed by atoms with E-state index < -0.39 is 0 Å². The van der Waals surface area contributed by atoms with Crippen molar-refractivity contribution in [1.82, 2.24) is 4.90 Å². The van der Waals surface area contributed by atoms with E-state index >= 15 is 0 Å². The molecule has 6 heteroatoms. The Kier molecular flexibility index (Phi) is 7.63. The highest BCUT2D eigenvalue weighted by Gasteiger charge is 2.42. The summed E-state index contributed by atoms with van der Waals surface area (Å²) >= 11 is 0. The maximum atomic E-state index is 13.0. The molecule has 2 saturated carbocycles. The third kappa shape index (κ3) is 4.47. The lowest BCUT2D eigenvalue weighted by Crippen LogP contribution is -2.49. The molecule has 3 unspecified atom stereocenters. The van der Waals surface area contributed by atoms with Gasteiger partial charge in [0, 0.05) is 36.8 Å². The number of para-hydroxylation sites is 1. The van der Waals surface area contributed by atoms with E-state index in [4.69, 9.17) is 5.73 Å². The molecule has 2 bridgehead atoms. The number of nitrogens with zero attached hydrogens (tertiary/aromatic N) is 1. The van der Waals surface area contributed by atoms with Crippen molar-refractivity contribution >= 4 is 36.4 Å². The molecular weight excluding hydrogens is 369 g/mol. The van der Waals surface area contributed by atoms with Crippen molar-refractivity contribution in [3.05, 3.63) is 30.3 Å². The number of hydrogen-bond acceptors (Lipinski definition) is 3. The summed E-state index contributed by atoms with van der Waals surface area (Å²) in [5.41, 5.74) is 7.52. The summed E-state index contributed by atoms with van der Waals surface area (Å²) in [5, 5.41) is 3.56. The van der Waals surface area contributed by atoms with Gasteiger partial charge in [0.05, 0.1) is 0 Å². The molecule has 26 heavy (non-hydrogen) atoms. The Bertz CT molecular complexity index is 572. The zero-order chi connectivity index (χ0) is 16.5. The molecule has 146 valence electrons. The number of nitrogens with two attached hydrogens (primary N) is 1. The summed E-state index contributed by atoms with van der Waals surface area (Å²) in [5.74, 6) is 1.76. The fraction of sp³-hybridized carbons (Fsp3) is 0.650. The third-order valence-corrected chi connectivity index (χ3v) is 6.41. The third-order valence-electron chi connectivity index (χ3n) is 6.41. The summed E-state index contributed by atoms with van der Waals surface area (Å²) in [6, 6.07) is 11.0. The molecule has 0 radical (unpaired) electrons. The van der Waals surface area contributed by atoms with Gasteiger partial charge in [-0.15, -0.1) is 24.8 Å². The standard InChI is InChI=1S/C20H29N3O.2ClH/c21-19-14-5-4-6-15(19)12-16(11-14)20(24)23-10-9-18(13-23)22-17-7-2-1-3-8-17;;/h1-3,7-8,14-16,18-19,22H,4-6,9-13,21H2;2*1H. The monoisotopic (exact) mass is 399 g/mol. The Morgan fingerprint density at radius 2 is 1.69 bits per heavy atom. The zero-order valence-electron chi connectivity index (χ0n) is 15.2. The predicted octanol–water partition coefficient (Wildman–Crippen LogP) is 3.70. The van der Waals surface area contributed by atoms with E-state index in [-0.39, 0.29) is 30.7 Å². The van der Waals surface area contributed by atoms with Gasteiger partial charge in [-0.3, -0.25) is 4.79 Å². The first-order valence-electron chi connectivity index (χ1n) is 9.56. The average Bonchev–Trinajstić information content (AvgIpc) is 3.03. The Morgan fingerprint density at radius 1 is 1.04 bits per heavy atom. The van der Waals surface area contributed by atoms with Gasteiger partial charge in [0.15, 0.2) is 0 Å². The summed E-state index contributed by atoms with van der Waals surface area (Å²) in [7, 11) is 0. The fourth-order valence-electron chi connectivity index (χ4n) is 5.10. The number of rotatable bonds is 3. The van der Waals surface area contributed by atoms with E-state index in [0.717, 1.165) is 38.0 Å². The maximum absolute atomic E-state index is 13.0. The molecule has 1 aliphatic heterocycles. The van der Waals surface area contributed by atoms with Crippen LogP contribution in [-0.4, -0.2) is 36.0 Å². The molecule has 1 aromatic carbocycles. The summed E-state index contributed by atoms with van der Waals surface area (Å²) < 4.78 is 0.